The minimum atomic E-state index is -4.37. The zero-order valence-electron chi connectivity index (χ0n) is 9.80. The van der Waals surface area contributed by atoms with Gasteiger partial charge in [0.05, 0.1) is 6.42 Å². The zero-order chi connectivity index (χ0) is 13.8. The molecule has 100 valence electrons. The van der Waals surface area contributed by atoms with Crippen molar-refractivity contribution in [3.05, 3.63) is 34.9 Å². The van der Waals surface area contributed by atoms with E-state index in [9.17, 15) is 18.0 Å². The van der Waals surface area contributed by atoms with E-state index >= 15 is 0 Å². The SMILES string of the molecule is CCN(CC(F)(F)F)C(=O)Cc1ccc(Cl)cc1. The molecule has 0 N–H and O–H groups in total. The molecule has 0 aliphatic rings. The van der Waals surface area contributed by atoms with Crippen molar-refractivity contribution in [2.24, 2.45) is 0 Å². The molecule has 0 fully saturated rings. The summed E-state index contributed by atoms with van der Waals surface area (Å²) in [5, 5.41) is 0.522. The fourth-order valence-corrected chi connectivity index (χ4v) is 1.61. The highest BCUT2D eigenvalue weighted by molar-refractivity contribution is 6.30. The molecule has 1 amide bonds. The molecule has 18 heavy (non-hydrogen) atoms. The summed E-state index contributed by atoms with van der Waals surface area (Å²) in [5.74, 6) is -0.544. The van der Waals surface area contributed by atoms with Gasteiger partial charge in [-0.25, -0.2) is 0 Å². The topological polar surface area (TPSA) is 20.3 Å². The average molecular weight is 280 g/mol. The summed E-state index contributed by atoms with van der Waals surface area (Å²) in [6.07, 6.45) is -4.42. The molecule has 0 aliphatic heterocycles. The normalized spacial score (nSPS) is 11.4. The van der Waals surface area contributed by atoms with E-state index in [4.69, 9.17) is 11.6 Å². The summed E-state index contributed by atoms with van der Waals surface area (Å²) in [6.45, 7) is 0.341. The summed E-state index contributed by atoms with van der Waals surface area (Å²) in [7, 11) is 0. The Morgan fingerprint density at radius 3 is 2.28 bits per heavy atom. The Morgan fingerprint density at radius 2 is 1.83 bits per heavy atom. The smallest absolute Gasteiger partial charge is 0.334 e. The van der Waals surface area contributed by atoms with Gasteiger partial charge >= 0.3 is 6.18 Å². The second-order valence-electron chi connectivity index (χ2n) is 3.83. The van der Waals surface area contributed by atoms with Crippen molar-refractivity contribution in [3.8, 4) is 0 Å². The third kappa shape index (κ3) is 4.96. The first kappa shape index (κ1) is 14.8. The summed E-state index contributed by atoms with van der Waals surface area (Å²) in [4.78, 5) is 12.5. The van der Waals surface area contributed by atoms with Gasteiger partial charge in [-0.1, -0.05) is 23.7 Å². The van der Waals surface area contributed by atoms with Gasteiger partial charge in [-0.2, -0.15) is 13.2 Å². The van der Waals surface area contributed by atoms with E-state index in [2.05, 4.69) is 0 Å². The molecule has 0 atom stereocenters. The third-order valence-corrected chi connectivity index (χ3v) is 2.63. The molecule has 0 spiro atoms. The average Bonchev–Trinajstić information content (AvgIpc) is 2.27. The zero-order valence-corrected chi connectivity index (χ0v) is 10.6. The molecule has 0 aromatic heterocycles. The van der Waals surface area contributed by atoms with Gasteiger partial charge in [-0.3, -0.25) is 4.79 Å². The molecule has 6 heteroatoms. The molecule has 1 aromatic carbocycles. The first-order valence-electron chi connectivity index (χ1n) is 5.41. The first-order valence-corrected chi connectivity index (χ1v) is 5.78. The second-order valence-corrected chi connectivity index (χ2v) is 4.26. The minimum Gasteiger partial charge on any atom is -0.334 e. The molecule has 0 saturated carbocycles. The maximum absolute atomic E-state index is 12.2. The summed E-state index contributed by atoms with van der Waals surface area (Å²) < 4.78 is 36.7. The van der Waals surface area contributed by atoms with E-state index in [0.717, 1.165) is 4.90 Å². The van der Waals surface area contributed by atoms with Gasteiger partial charge in [0.1, 0.15) is 6.54 Å². The fraction of sp³-hybridized carbons (Fsp3) is 0.417. The van der Waals surface area contributed by atoms with Gasteiger partial charge < -0.3 is 4.90 Å². The molecule has 0 aliphatic carbocycles. The van der Waals surface area contributed by atoms with E-state index in [0.29, 0.717) is 10.6 Å². The minimum absolute atomic E-state index is 0.0337. The lowest BCUT2D eigenvalue weighted by Gasteiger charge is -2.22. The van der Waals surface area contributed by atoms with Crippen LogP contribution in [0.1, 0.15) is 12.5 Å². The van der Waals surface area contributed by atoms with Crippen LogP contribution in [0.5, 0.6) is 0 Å². The highest BCUT2D eigenvalue weighted by Crippen LogP contribution is 2.17. The number of hydrogen-bond acceptors (Lipinski definition) is 1. The molecule has 0 bridgehead atoms. The standard InChI is InChI=1S/C12H13ClF3NO/c1-2-17(8-12(14,15)16)11(18)7-9-3-5-10(13)6-4-9/h3-6H,2,7-8H2,1H3. The number of likely N-dealkylation sites (N-methyl/N-ethyl adjacent to an activating group) is 1. The maximum Gasteiger partial charge on any atom is 0.406 e. The molecular formula is C12H13ClF3NO. The Hall–Kier alpha value is -1.23. The maximum atomic E-state index is 12.2. The van der Waals surface area contributed by atoms with Gasteiger partial charge in [-0.15, -0.1) is 0 Å². The van der Waals surface area contributed by atoms with Gasteiger partial charge in [0.25, 0.3) is 0 Å². The first-order chi connectivity index (χ1) is 8.31. The van der Waals surface area contributed by atoms with Crippen LogP contribution in [0.3, 0.4) is 0 Å². The van der Waals surface area contributed by atoms with E-state index in [-0.39, 0.29) is 13.0 Å². The lowest BCUT2D eigenvalue weighted by Crippen LogP contribution is -2.39. The Balaban J connectivity index is 2.65. The van der Waals surface area contributed by atoms with Crippen LogP contribution in [0.4, 0.5) is 13.2 Å². The number of carbonyl (C=O) groups is 1. The van der Waals surface area contributed by atoms with E-state index in [1.165, 1.54) is 6.92 Å². The predicted octanol–water partition coefficient (Wildman–Crippen LogP) is 3.29. The largest absolute Gasteiger partial charge is 0.406 e. The number of halogens is 4. The predicted molar refractivity (Wildman–Crippen MR) is 63.5 cm³/mol. The van der Waals surface area contributed by atoms with E-state index < -0.39 is 18.6 Å². The lowest BCUT2D eigenvalue weighted by molar-refractivity contribution is -0.160. The van der Waals surface area contributed by atoms with Crippen molar-refractivity contribution < 1.29 is 18.0 Å². The van der Waals surface area contributed by atoms with Crippen LogP contribution in [-0.4, -0.2) is 30.1 Å². The number of hydrogen-bond donors (Lipinski definition) is 0. The number of nitrogens with zero attached hydrogens (tertiary/aromatic N) is 1. The number of benzene rings is 1. The summed E-state index contributed by atoms with van der Waals surface area (Å²) >= 11 is 5.68. The lowest BCUT2D eigenvalue weighted by atomic mass is 10.1. The van der Waals surface area contributed by atoms with Crippen LogP contribution in [0, 0.1) is 0 Å². The molecule has 0 heterocycles. The molecule has 0 radical (unpaired) electrons. The quantitative estimate of drug-likeness (QED) is 0.828. The number of carbonyl (C=O) groups excluding carboxylic acids is 1. The fourth-order valence-electron chi connectivity index (χ4n) is 1.48. The number of rotatable bonds is 4. The van der Waals surface area contributed by atoms with Crippen molar-refractivity contribution in [3.63, 3.8) is 0 Å². The van der Waals surface area contributed by atoms with Gasteiger partial charge in [-0.05, 0) is 24.6 Å². The molecule has 1 rings (SSSR count). The molecular weight excluding hydrogens is 267 g/mol. The summed E-state index contributed by atoms with van der Waals surface area (Å²) in [6, 6.07) is 6.46. The molecule has 1 aromatic rings. The Labute approximate surface area is 108 Å². The van der Waals surface area contributed by atoms with Crippen LogP contribution >= 0.6 is 11.6 Å². The van der Waals surface area contributed by atoms with Crippen LogP contribution in [0.25, 0.3) is 0 Å². The van der Waals surface area contributed by atoms with Crippen molar-refractivity contribution in [2.45, 2.75) is 19.5 Å². The van der Waals surface area contributed by atoms with Crippen LogP contribution in [0.2, 0.25) is 5.02 Å². The Kier molecular flexibility index (Phi) is 5.02. The van der Waals surface area contributed by atoms with Gasteiger partial charge in [0.2, 0.25) is 5.91 Å². The number of alkyl halides is 3. The van der Waals surface area contributed by atoms with E-state index in [1.807, 2.05) is 0 Å². The van der Waals surface area contributed by atoms with Crippen LogP contribution < -0.4 is 0 Å². The Morgan fingerprint density at radius 1 is 1.28 bits per heavy atom. The highest BCUT2D eigenvalue weighted by Gasteiger charge is 2.32. The molecule has 0 saturated heterocycles. The van der Waals surface area contributed by atoms with Crippen molar-refractivity contribution in [2.75, 3.05) is 13.1 Å². The van der Waals surface area contributed by atoms with Crippen molar-refractivity contribution in [1.82, 2.24) is 4.90 Å². The van der Waals surface area contributed by atoms with Gasteiger partial charge in [0, 0.05) is 11.6 Å². The van der Waals surface area contributed by atoms with E-state index in [1.54, 1.807) is 24.3 Å². The Bertz CT molecular complexity index is 403. The van der Waals surface area contributed by atoms with Crippen molar-refractivity contribution in [1.29, 1.82) is 0 Å². The number of amides is 1. The third-order valence-electron chi connectivity index (χ3n) is 2.37. The molecule has 2 nitrogen and oxygen atoms in total. The van der Waals surface area contributed by atoms with Gasteiger partial charge in [0.15, 0.2) is 0 Å². The van der Waals surface area contributed by atoms with Crippen LogP contribution in [0.15, 0.2) is 24.3 Å². The second kappa shape index (κ2) is 6.09. The van der Waals surface area contributed by atoms with Crippen molar-refractivity contribution >= 4 is 17.5 Å². The summed E-state index contributed by atoms with van der Waals surface area (Å²) in [5.41, 5.74) is 0.644. The van der Waals surface area contributed by atoms with Crippen LogP contribution in [-0.2, 0) is 11.2 Å². The highest BCUT2D eigenvalue weighted by atomic mass is 35.5. The monoisotopic (exact) mass is 279 g/mol. The molecule has 0 unspecified atom stereocenters.